The van der Waals surface area contributed by atoms with Gasteiger partial charge in [0.05, 0.1) is 34.7 Å². The summed E-state index contributed by atoms with van der Waals surface area (Å²) in [6.07, 6.45) is 1.26. The van der Waals surface area contributed by atoms with Gasteiger partial charge >= 0.3 is 11.8 Å². The molecule has 3 rings (SSSR count). The molecule has 0 saturated carbocycles. The van der Waals surface area contributed by atoms with Crippen LogP contribution in [0.5, 0.6) is 11.5 Å². The van der Waals surface area contributed by atoms with E-state index in [0.29, 0.717) is 16.3 Å². The number of hydrogen-bond donors (Lipinski definition) is 3. The third-order valence-electron chi connectivity index (χ3n) is 4.48. The minimum atomic E-state index is -1.09. The van der Waals surface area contributed by atoms with Crippen molar-refractivity contribution < 1.29 is 28.2 Å². The number of rotatable bonds is 8. The van der Waals surface area contributed by atoms with E-state index in [0.717, 1.165) is 6.07 Å². The summed E-state index contributed by atoms with van der Waals surface area (Å²) in [6.45, 7) is -0.334. The largest absolute Gasteiger partial charge is 0.493 e. The van der Waals surface area contributed by atoms with Crippen LogP contribution in [0.2, 0.25) is 10.0 Å². The Balaban J connectivity index is 1.54. The van der Waals surface area contributed by atoms with Gasteiger partial charge in [0.25, 0.3) is 5.91 Å². The molecule has 12 heteroatoms. The van der Waals surface area contributed by atoms with Crippen molar-refractivity contribution >= 4 is 58.5 Å². The van der Waals surface area contributed by atoms with Crippen molar-refractivity contribution in [1.29, 1.82) is 0 Å². The number of carbonyl (C=O) groups excluding carboxylic acids is 3. The van der Waals surface area contributed by atoms with Gasteiger partial charge in [0.15, 0.2) is 18.1 Å². The van der Waals surface area contributed by atoms with E-state index in [4.69, 9.17) is 32.7 Å². The molecule has 3 N–H and O–H groups in total. The van der Waals surface area contributed by atoms with Crippen LogP contribution in [-0.2, 0) is 14.4 Å². The summed E-state index contributed by atoms with van der Waals surface area (Å²) in [5.41, 5.74) is 2.75. The summed E-state index contributed by atoms with van der Waals surface area (Å²) in [4.78, 5) is 36.0. The number of nitrogens with one attached hydrogen (secondary N) is 3. The van der Waals surface area contributed by atoms with E-state index in [1.54, 1.807) is 24.3 Å². The number of carbonyl (C=O) groups is 3. The summed E-state index contributed by atoms with van der Waals surface area (Å²) >= 11 is 12.0. The SMILES string of the molecule is COc1cc(/C=N\NC(=O)C(=O)Nc2ccccc2F)ccc1OCC(=O)Nc1cccc(Cl)c1Cl. The number of ether oxygens (including phenoxy) is 2. The summed E-state index contributed by atoms with van der Waals surface area (Å²) in [7, 11) is 1.41. The van der Waals surface area contributed by atoms with Crippen molar-refractivity contribution in [2.45, 2.75) is 0 Å². The van der Waals surface area contributed by atoms with Gasteiger partial charge in [-0.3, -0.25) is 14.4 Å². The first-order chi connectivity index (χ1) is 17.3. The van der Waals surface area contributed by atoms with E-state index in [1.165, 1.54) is 43.7 Å². The average Bonchev–Trinajstić information content (AvgIpc) is 2.87. The smallest absolute Gasteiger partial charge is 0.329 e. The van der Waals surface area contributed by atoms with Gasteiger partial charge in [0, 0.05) is 0 Å². The molecule has 0 heterocycles. The Labute approximate surface area is 215 Å². The summed E-state index contributed by atoms with van der Waals surface area (Å²) in [5.74, 6) is -2.76. The molecule has 0 aliphatic rings. The number of benzene rings is 3. The van der Waals surface area contributed by atoms with Crippen LogP contribution >= 0.6 is 23.2 Å². The van der Waals surface area contributed by atoms with Crippen LogP contribution < -0.4 is 25.5 Å². The van der Waals surface area contributed by atoms with Crippen molar-refractivity contribution in [2.24, 2.45) is 5.10 Å². The Hall–Kier alpha value is -4.15. The standard InChI is InChI=1S/C24H19Cl2FN4O5/c1-35-20-11-14(12-28-31-24(34)23(33)30-17-7-3-2-6-16(17)27)9-10-19(20)36-13-21(32)29-18-8-4-5-15(25)22(18)26/h2-12H,13H2,1H3,(H,29,32)(H,30,33)(H,31,34)/b28-12-. The summed E-state index contributed by atoms with van der Waals surface area (Å²) < 4.78 is 24.4. The lowest BCUT2D eigenvalue weighted by Gasteiger charge is -2.12. The average molecular weight is 533 g/mol. The van der Waals surface area contributed by atoms with Gasteiger partial charge in [-0.1, -0.05) is 41.4 Å². The van der Waals surface area contributed by atoms with Gasteiger partial charge in [-0.2, -0.15) is 5.10 Å². The van der Waals surface area contributed by atoms with Crippen LogP contribution in [0.15, 0.2) is 65.8 Å². The fourth-order valence-corrected chi connectivity index (χ4v) is 3.12. The Morgan fingerprint density at radius 2 is 1.69 bits per heavy atom. The Morgan fingerprint density at radius 3 is 2.44 bits per heavy atom. The van der Waals surface area contributed by atoms with Gasteiger partial charge in [0.1, 0.15) is 5.82 Å². The first-order valence-corrected chi connectivity index (χ1v) is 11.0. The van der Waals surface area contributed by atoms with Crippen LogP contribution in [0.3, 0.4) is 0 Å². The quantitative estimate of drug-likeness (QED) is 0.227. The molecule has 0 radical (unpaired) electrons. The first-order valence-electron chi connectivity index (χ1n) is 10.2. The molecule has 3 aromatic rings. The predicted octanol–water partition coefficient (Wildman–Crippen LogP) is 4.25. The van der Waals surface area contributed by atoms with Crippen LogP contribution in [0.1, 0.15) is 5.56 Å². The molecular formula is C24H19Cl2FN4O5. The normalized spacial score (nSPS) is 10.6. The molecule has 0 spiro atoms. The molecule has 0 fully saturated rings. The second-order valence-electron chi connectivity index (χ2n) is 6.98. The third-order valence-corrected chi connectivity index (χ3v) is 5.30. The van der Waals surface area contributed by atoms with Crippen molar-refractivity contribution in [3.05, 3.63) is 82.1 Å². The number of anilines is 2. The second-order valence-corrected chi connectivity index (χ2v) is 7.77. The zero-order chi connectivity index (χ0) is 26.1. The van der Waals surface area contributed by atoms with Gasteiger partial charge in [-0.05, 0) is 48.0 Å². The molecule has 0 aliphatic heterocycles. The predicted molar refractivity (Wildman–Crippen MR) is 134 cm³/mol. The third kappa shape index (κ3) is 7.17. The monoisotopic (exact) mass is 532 g/mol. The Morgan fingerprint density at radius 1 is 0.944 bits per heavy atom. The maximum absolute atomic E-state index is 13.6. The van der Waals surface area contributed by atoms with Crippen LogP contribution in [-0.4, -0.2) is 37.7 Å². The van der Waals surface area contributed by atoms with Crippen LogP contribution in [0, 0.1) is 5.82 Å². The molecule has 0 aliphatic carbocycles. The molecule has 9 nitrogen and oxygen atoms in total. The molecule has 36 heavy (non-hydrogen) atoms. The molecule has 0 saturated heterocycles. The van der Waals surface area contributed by atoms with Gasteiger partial charge in [-0.25, -0.2) is 9.82 Å². The molecule has 0 unspecified atom stereocenters. The zero-order valence-corrected chi connectivity index (χ0v) is 20.2. The van der Waals surface area contributed by atoms with Gasteiger partial charge < -0.3 is 20.1 Å². The summed E-state index contributed by atoms with van der Waals surface area (Å²) in [6, 6.07) is 14.9. The topological polar surface area (TPSA) is 118 Å². The molecule has 3 aromatic carbocycles. The number of methoxy groups -OCH3 is 1. The molecule has 186 valence electrons. The van der Waals surface area contributed by atoms with E-state index < -0.39 is 23.5 Å². The highest BCUT2D eigenvalue weighted by Crippen LogP contribution is 2.30. The van der Waals surface area contributed by atoms with E-state index in [1.807, 2.05) is 5.43 Å². The molecule has 0 bridgehead atoms. The number of halogens is 3. The molecule has 0 aromatic heterocycles. The molecular weight excluding hydrogens is 514 g/mol. The maximum atomic E-state index is 13.6. The van der Waals surface area contributed by atoms with Crippen LogP contribution in [0.25, 0.3) is 0 Å². The van der Waals surface area contributed by atoms with Crippen molar-refractivity contribution in [3.63, 3.8) is 0 Å². The van der Waals surface area contributed by atoms with E-state index in [2.05, 4.69) is 15.7 Å². The number of hydrazone groups is 1. The van der Waals surface area contributed by atoms with Crippen molar-refractivity contribution in [2.75, 3.05) is 24.4 Å². The number of amides is 3. The summed E-state index contributed by atoms with van der Waals surface area (Å²) in [5, 5.41) is 8.97. The number of hydrogen-bond acceptors (Lipinski definition) is 6. The number of nitrogens with zero attached hydrogens (tertiary/aromatic N) is 1. The number of para-hydroxylation sites is 1. The maximum Gasteiger partial charge on any atom is 0.329 e. The van der Waals surface area contributed by atoms with Crippen molar-refractivity contribution in [3.8, 4) is 11.5 Å². The lowest BCUT2D eigenvalue weighted by Crippen LogP contribution is -2.32. The zero-order valence-electron chi connectivity index (χ0n) is 18.7. The van der Waals surface area contributed by atoms with Crippen LogP contribution in [0.4, 0.5) is 15.8 Å². The van der Waals surface area contributed by atoms with Crippen molar-refractivity contribution in [1.82, 2.24) is 5.43 Å². The molecule has 3 amide bonds. The molecule has 0 atom stereocenters. The highest BCUT2D eigenvalue weighted by atomic mass is 35.5. The van der Waals surface area contributed by atoms with E-state index in [-0.39, 0.29) is 28.8 Å². The fourth-order valence-electron chi connectivity index (χ4n) is 2.77. The Kier molecular flexibility index (Phi) is 9.20. The lowest BCUT2D eigenvalue weighted by molar-refractivity contribution is -0.136. The Bertz CT molecular complexity index is 1320. The highest BCUT2D eigenvalue weighted by molar-refractivity contribution is 6.44. The van der Waals surface area contributed by atoms with Gasteiger partial charge in [0.2, 0.25) is 0 Å². The van der Waals surface area contributed by atoms with Gasteiger partial charge in [-0.15, -0.1) is 0 Å². The van der Waals surface area contributed by atoms with E-state index in [9.17, 15) is 18.8 Å². The lowest BCUT2D eigenvalue weighted by atomic mass is 10.2. The minimum Gasteiger partial charge on any atom is -0.493 e. The minimum absolute atomic E-state index is 0.133. The fraction of sp³-hybridized carbons (Fsp3) is 0.0833. The highest BCUT2D eigenvalue weighted by Gasteiger charge is 2.15. The van der Waals surface area contributed by atoms with E-state index >= 15 is 0 Å². The first kappa shape index (κ1) is 26.5. The second kappa shape index (κ2) is 12.5.